The zero-order valence-electron chi connectivity index (χ0n) is 17.3. The Balaban J connectivity index is 1.26. The maximum atomic E-state index is 13.0. The molecule has 0 atom stereocenters. The van der Waals surface area contributed by atoms with Gasteiger partial charge in [0, 0.05) is 29.5 Å². The highest BCUT2D eigenvalue weighted by atomic mass is 32.2. The third-order valence-corrected chi connectivity index (χ3v) is 5.91. The molecule has 2 aromatic carbocycles. The van der Waals surface area contributed by atoms with Gasteiger partial charge in [0.1, 0.15) is 5.03 Å². The van der Waals surface area contributed by atoms with Crippen molar-refractivity contribution in [3.05, 3.63) is 78.6 Å². The van der Waals surface area contributed by atoms with E-state index in [1.165, 1.54) is 11.8 Å². The van der Waals surface area contributed by atoms with E-state index in [2.05, 4.69) is 20.6 Å². The average Bonchev–Trinajstić information content (AvgIpc) is 3.31. The van der Waals surface area contributed by atoms with Crippen LogP contribution in [0.4, 0.5) is 11.4 Å². The first-order valence-electron chi connectivity index (χ1n) is 10.1. The molecule has 0 saturated carbocycles. The Morgan fingerprint density at radius 3 is 2.70 bits per heavy atom. The third kappa shape index (κ3) is 4.58. The van der Waals surface area contributed by atoms with Crippen molar-refractivity contribution in [1.82, 2.24) is 9.97 Å². The molecular weight excluding hydrogens is 440 g/mol. The summed E-state index contributed by atoms with van der Waals surface area (Å²) in [6, 6.07) is 17.8. The monoisotopic (exact) mass is 458 g/mol. The third-order valence-electron chi connectivity index (χ3n) is 4.91. The number of ether oxygens (including phenoxy) is 2. The fraction of sp³-hybridized carbons (Fsp3) is 0.0833. The molecule has 0 spiro atoms. The van der Waals surface area contributed by atoms with Gasteiger partial charge in [-0.25, -0.2) is 4.98 Å². The normalized spacial score (nSPS) is 11.9. The van der Waals surface area contributed by atoms with Crippen molar-refractivity contribution < 1.29 is 19.1 Å². The summed E-state index contributed by atoms with van der Waals surface area (Å²) in [7, 11) is 0. The predicted octanol–water partition coefficient (Wildman–Crippen LogP) is 4.34. The summed E-state index contributed by atoms with van der Waals surface area (Å²) in [5, 5.41) is 7.06. The first-order chi connectivity index (χ1) is 16.2. The summed E-state index contributed by atoms with van der Waals surface area (Å²) >= 11 is 1.19. The maximum Gasteiger partial charge on any atom is 0.258 e. The number of carbonyl (C=O) groups excluding carboxylic acids is 2. The Hall–Kier alpha value is -4.11. The summed E-state index contributed by atoms with van der Waals surface area (Å²) in [4.78, 5) is 34.1. The molecule has 3 heterocycles. The Morgan fingerprint density at radius 1 is 0.909 bits per heavy atom. The molecule has 0 radical (unpaired) electrons. The standard InChI is InChI=1S/C24H18N4O4S/c29-22(27-15-8-9-20-21(12-15)32-14-31-20)13-33-24-17(5-3-11-26-24)23(30)28-19-7-1-6-18-16(19)4-2-10-25-18/h1-12H,13-14H2,(H,27,29)(H,28,30). The van der Waals surface area contributed by atoms with Gasteiger partial charge in [0.2, 0.25) is 12.7 Å². The number of rotatable bonds is 6. The number of nitrogens with one attached hydrogen (secondary N) is 2. The van der Waals surface area contributed by atoms with Crippen molar-refractivity contribution in [2.24, 2.45) is 0 Å². The zero-order chi connectivity index (χ0) is 22.6. The highest BCUT2D eigenvalue weighted by Crippen LogP contribution is 2.34. The molecular formula is C24H18N4O4S. The summed E-state index contributed by atoms with van der Waals surface area (Å²) < 4.78 is 10.6. The zero-order valence-corrected chi connectivity index (χ0v) is 18.1. The quantitative estimate of drug-likeness (QED) is 0.414. The maximum absolute atomic E-state index is 13.0. The molecule has 2 N–H and O–H groups in total. The van der Waals surface area contributed by atoms with Crippen LogP contribution in [0.5, 0.6) is 11.5 Å². The molecule has 33 heavy (non-hydrogen) atoms. The lowest BCUT2D eigenvalue weighted by atomic mass is 10.1. The first-order valence-corrected chi connectivity index (χ1v) is 11.1. The largest absolute Gasteiger partial charge is 0.454 e. The number of benzene rings is 2. The molecule has 0 saturated heterocycles. The van der Waals surface area contributed by atoms with Gasteiger partial charge < -0.3 is 20.1 Å². The number of anilines is 2. The molecule has 0 fully saturated rings. The number of aromatic nitrogens is 2. The fourth-order valence-corrected chi connectivity index (χ4v) is 4.18. The van der Waals surface area contributed by atoms with Gasteiger partial charge in [-0.05, 0) is 48.5 Å². The van der Waals surface area contributed by atoms with E-state index in [-0.39, 0.29) is 24.4 Å². The van der Waals surface area contributed by atoms with E-state index in [9.17, 15) is 9.59 Å². The predicted molar refractivity (Wildman–Crippen MR) is 126 cm³/mol. The van der Waals surface area contributed by atoms with Crippen LogP contribution in [-0.4, -0.2) is 34.3 Å². The van der Waals surface area contributed by atoms with Gasteiger partial charge in [-0.2, -0.15) is 0 Å². The van der Waals surface area contributed by atoms with Gasteiger partial charge in [0.05, 0.1) is 22.5 Å². The molecule has 1 aliphatic rings. The molecule has 9 heteroatoms. The lowest BCUT2D eigenvalue weighted by Crippen LogP contribution is -2.16. The second kappa shape index (κ2) is 9.17. The van der Waals surface area contributed by atoms with Gasteiger partial charge in [0.25, 0.3) is 5.91 Å². The average molecular weight is 458 g/mol. The summed E-state index contributed by atoms with van der Waals surface area (Å²) in [5.41, 5.74) is 2.44. The summed E-state index contributed by atoms with van der Waals surface area (Å²) in [5.74, 6) is 0.791. The van der Waals surface area contributed by atoms with Crippen LogP contribution in [-0.2, 0) is 4.79 Å². The number of thioether (sulfide) groups is 1. The number of nitrogens with zero attached hydrogens (tertiary/aromatic N) is 2. The Bertz CT molecular complexity index is 1360. The Labute approximate surface area is 193 Å². The van der Waals surface area contributed by atoms with Crippen LogP contribution in [0, 0.1) is 0 Å². The highest BCUT2D eigenvalue weighted by Gasteiger charge is 2.17. The highest BCUT2D eigenvalue weighted by molar-refractivity contribution is 8.00. The van der Waals surface area contributed by atoms with Gasteiger partial charge in [-0.1, -0.05) is 17.8 Å². The van der Waals surface area contributed by atoms with Crippen LogP contribution in [0.3, 0.4) is 0 Å². The Morgan fingerprint density at radius 2 is 1.76 bits per heavy atom. The topological polar surface area (TPSA) is 102 Å². The van der Waals surface area contributed by atoms with Crippen LogP contribution in [0.1, 0.15) is 10.4 Å². The van der Waals surface area contributed by atoms with E-state index in [4.69, 9.17) is 9.47 Å². The molecule has 0 aliphatic carbocycles. The molecule has 0 bridgehead atoms. The second-order valence-electron chi connectivity index (χ2n) is 7.09. The van der Waals surface area contributed by atoms with E-state index < -0.39 is 0 Å². The number of amides is 2. The molecule has 2 amide bonds. The minimum absolute atomic E-state index is 0.0872. The van der Waals surface area contributed by atoms with E-state index >= 15 is 0 Å². The molecule has 164 valence electrons. The number of carbonyl (C=O) groups is 2. The van der Waals surface area contributed by atoms with Crippen LogP contribution in [0.15, 0.2) is 78.1 Å². The van der Waals surface area contributed by atoms with Crippen LogP contribution < -0.4 is 20.1 Å². The fourth-order valence-electron chi connectivity index (χ4n) is 3.39. The molecule has 8 nitrogen and oxygen atoms in total. The lowest BCUT2D eigenvalue weighted by Gasteiger charge is -2.11. The van der Waals surface area contributed by atoms with Crippen molar-refractivity contribution in [3.63, 3.8) is 0 Å². The van der Waals surface area contributed by atoms with Crippen molar-refractivity contribution in [1.29, 1.82) is 0 Å². The van der Waals surface area contributed by atoms with Crippen LogP contribution in [0.2, 0.25) is 0 Å². The first kappa shape index (κ1) is 20.8. The van der Waals surface area contributed by atoms with Crippen LogP contribution >= 0.6 is 11.8 Å². The van der Waals surface area contributed by atoms with Crippen molar-refractivity contribution in [2.75, 3.05) is 23.2 Å². The van der Waals surface area contributed by atoms with Crippen molar-refractivity contribution in [3.8, 4) is 11.5 Å². The molecule has 4 aromatic rings. The van der Waals surface area contributed by atoms with Gasteiger partial charge in [-0.15, -0.1) is 0 Å². The lowest BCUT2D eigenvalue weighted by molar-refractivity contribution is -0.113. The van der Waals surface area contributed by atoms with Gasteiger partial charge in [-0.3, -0.25) is 14.6 Å². The summed E-state index contributed by atoms with van der Waals surface area (Å²) in [6.07, 6.45) is 3.30. The molecule has 0 unspecified atom stereocenters. The SMILES string of the molecule is O=C(CSc1ncccc1C(=O)Nc1cccc2ncccc12)Nc1ccc2c(c1)OCO2. The van der Waals surface area contributed by atoms with E-state index in [1.54, 1.807) is 42.7 Å². The van der Waals surface area contributed by atoms with Crippen molar-refractivity contribution >= 4 is 45.9 Å². The number of pyridine rings is 2. The Kier molecular flexibility index (Phi) is 5.77. The van der Waals surface area contributed by atoms with Gasteiger partial charge >= 0.3 is 0 Å². The smallest absolute Gasteiger partial charge is 0.258 e. The molecule has 2 aromatic heterocycles. The number of hydrogen-bond donors (Lipinski definition) is 2. The minimum Gasteiger partial charge on any atom is -0.454 e. The van der Waals surface area contributed by atoms with E-state index in [0.717, 1.165) is 10.9 Å². The summed E-state index contributed by atoms with van der Waals surface area (Å²) in [6.45, 7) is 0.169. The van der Waals surface area contributed by atoms with E-state index in [1.807, 2.05) is 30.3 Å². The van der Waals surface area contributed by atoms with Crippen molar-refractivity contribution in [2.45, 2.75) is 5.03 Å². The van der Waals surface area contributed by atoms with Gasteiger partial charge in [0.15, 0.2) is 11.5 Å². The number of fused-ring (bicyclic) bond motifs is 2. The molecule has 1 aliphatic heterocycles. The molecule has 5 rings (SSSR count). The van der Waals surface area contributed by atoms with E-state index in [0.29, 0.717) is 33.5 Å². The minimum atomic E-state index is -0.307. The second-order valence-corrected chi connectivity index (χ2v) is 8.05. The van der Waals surface area contributed by atoms with Crippen LogP contribution in [0.25, 0.3) is 10.9 Å². The number of hydrogen-bond acceptors (Lipinski definition) is 7.